The Bertz CT molecular complexity index is 1120. The molecule has 0 unspecified atom stereocenters. The van der Waals surface area contributed by atoms with Crippen LogP contribution in [0.1, 0.15) is 11.1 Å². The molecule has 0 saturated carbocycles. The summed E-state index contributed by atoms with van der Waals surface area (Å²) in [7, 11) is 0. The minimum atomic E-state index is -4.55. The Hall–Kier alpha value is -3.01. The van der Waals surface area contributed by atoms with Crippen LogP contribution in [-0.4, -0.2) is 41.9 Å². The molecule has 10 heteroatoms. The molecular formula is C22H18F3N3O3S. The lowest BCUT2D eigenvalue weighted by atomic mass is 9.68. The largest absolute Gasteiger partial charge is 0.416 e. The van der Waals surface area contributed by atoms with E-state index in [9.17, 15) is 27.6 Å². The van der Waals surface area contributed by atoms with Crippen molar-refractivity contribution in [2.24, 2.45) is 5.41 Å². The van der Waals surface area contributed by atoms with Crippen LogP contribution in [0.4, 0.5) is 29.3 Å². The van der Waals surface area contributed by atoms with Gasteiger partial charge in [-0.15, -0.1) is 0 Å². The molecule has 4 amide bonds. The van der Waals surface area contributed by atoms with Gasteiger partial charge in [-0.3, -0.25) is 14.9 Å². The molecule has 3 aliphatic rings. The third kappa shape index (κ3) is 3.00. The highest BCUT2D eigenvalue weighted by atomic mass is 32.2. The summed E-state index contributed by atoms with van der Waals surface area (Å²) in [5.41, 5.74) is -1.39. The molecule has 1 N–H and O–H groups in total. The highest BCUT2D eigenvalue weighted by molar-refractivity contribution is 7.99. The zero-order valence-corrected chi connectivity index (χ0v) is 17.5. The van der Waals surface area contributed by atoms with E-state index in [4.69, 9.17) is 0 Å². The van der Waals surface area contributed by atoms with Crippen molar-refractivity contribution in [1.29, 1.82) is 0 Å². The molecule has 0 radical (unpaired) electrons. The van der Waals surface area contributed by atoms with E-state index in [2.05, 4.69) is 5.32 Å². The van der Waals surface area contributed by atoms with Crippen LogP contribution in [0.2, 0.25) is 0 Å². The van der Waals surface area contributed by atoms with Crippen molar-refractivity contribution in [2.45, 2.75) is 18.6 Å². The van der Waals surface area contributed by atoms with Crippen LogP contribution in [0.3, 0.4) is 0 Å². The van der Waals surface area contributed by atoms with Crippen LogP contribution in [0, 0.1) is 5.41 Å². The highest BCUT2D eigenvalue weighted by Crippen LogP contribution is 2.48. The number of urea groups is 1. The summed E-state index contributed by atoms with van der Waals surface area (Å²) in [5, 5.41) is 2.30. The smallest absolute Gasteiger partial charge is 0.365 e. The number of halogens is 3. The minimum absolute atomic E-state index is 0.213. The SMILES string of the molecule is O=C1NC(=O)[C@@]2(Cc3cc(C(F)(F)F)ccc3N3CCSC[C@@H]32)C(=O)N1c1ccccc1. The van der Waals surface area contributed by atoms with Crippen LogP contribution in [-0.2, 0) is 22.2 Å². The van der Waals surface area contributed by atoms with Crippen LogP contribution in [0.5, 0.6) is 0 Å². The molecule has 2 aromatic rings. The molecule has 5 rings (SSSR count). The monoisotopic (exact) mass is 461 g/mol. The highest BCUT2D eigenvalue weighted by Gasteiger charge is 2.62. The van der Waals surface area contributed by atoms with Crippen molar-refractivity contribution < 1.29 is 27.6 Å². The fourth-order valence-corrected chi connectivity index (χ4v) is 6.00. The van der Waals surface area contributed by atoms with E-state index in [1.54, 1.807) is 42.1 Å². The predicted octanol–water partition coefficient (Wildman–Crippen LogP) is 3.45. The molecular weight excluding hydrogens is 443 g/mol. The number of fused-ring (bicyclic) bond motifs is 4. The lowest BCUT2D eigenvalue weighted by Crippen LogP contribution is -2.73. The first-order valence-corrected chi connectivity index (χ1v) is 11.2. The second-order valence-corrected chi connectivity index (χ2v) is 9.16. The average molecular weight is 461 g/mol. The number of anilines is 2. The summed E-state index contributed by atoms with van der Waals surface area (Å²) in [6, 6.07) is 10.2. The van der Waals surface area contributed by atoms with Gasteiger partial charge in [-0.25, -0.2) is 9.69 Å². The fraction of sp³-hybridized carbons (Fsp3) is 0.318. The van der Waals surface area contributed by atoms with Gasteiger partial charge in [-0.1, -0.05) is 18.2 Å². The second kappa shape index (κ2) is 7.26. The average Bonchev–Trinajstić information content (AvgIpc) is 2.77. The molecule has 3 heterocycles. The van der Waals surface area contributed by atoms with Gasteiger partial charge in [0.05, 0.1) is 17.3 Å². The number of benzene rings is 2. The summed E-state index contributed by atoms with van der Waals surface area (Å²) in [5.74, 6) is -0.320. The molecule has 1 spiro atoms. The van der Waals surface area contributed by atoms with Crippen molar-refractivity contribution in [1.82, 2.24) is 5.32 Å². The predicted molar refractivity (Wildman–Crippen MR) is 114 cm³/mol. The zero-order valence-electron chi connectivity index (χ0n) is 16.7. The molecule has 0 aliphatic carbocycles. The number of barbiturate groups is 1. The Morgan fingerprint density at radius 3 is 2.53 bits per heavy atom. The Labute approximate surface area is 185 Å². The molecule has 2 atom stereocenters. The van der Waals surface area contributed by atoms with Crippen LogP contribution >= 0.6 is 11.8 Å². The number of rotatable bonds is 1. The summed E-state index contributed by atoms with van der Waals surface area (Å²) < 4.78 is 40.2. The Kier molecular flexibility index (Phi) is 4.74. The van der Waals surface area contributed by atoms with Gasteiger partial charge in [0.1, 0.15) is 0 Å². The van der Waals surface area contributed by atoms with Gasteiger partial charge < -0.3 is 4.90 Å². The molecule has 0 bridgehead atoms. The molecule has 166 valence electrons. The van der Waals surface area contributed by atoms with Crippen LogP contribution in [0.25, 0.3) is 0 Å². The first-order chi connectivity index (χ1) is 15.2. The molecule has 32 heavy (non-hydrogen) atoms. The zero-order chi connectivity index (χ0) is 22.7. The van der Waals surface area contributed by atoms with Gasteiger partial charge in [0.25, 0.3) is 5.91 Å². The maximum absolute atomic E-state index is 13.9. The first-order valence-electron chi connectivity index (χ1n) is 10.0. The molecule has 2 aromatic carbocycles. The molecule has 2 saturated heterocycles. The summed E-state index contributed by atoms with van der Waals surface area (Å²) >= 11 is 1.57. The van der Waals surface area contributed by atoms with E-state index >= 15 is 0 Å². The summed E-state index contributed by atoms with van der Waals surface area (Å²) in [6.07, 6.45) is -4.77. The van der Waals surface area contributed by atoms with E-state index in [-0.39, 0.29) is 12.0 Å². The number of nitrogens with zero attached hydrogens (tertiary/aromatic N) is 2. The van der Waals surface area contributed by atoms with Crippen molar-refractivity contribution in [3.05, 3.63) is 59.7 Å². The number of para-hydroxylation sites is 1. The topological polar surface area (TPSA) is 69.7 Å². The molecule has 2 fully saturated rings. The molecule has 6 nitrogen and oxygen atoms in total. The summed E-state index contributed by atoms with van der Waals surface area (Å²) in [4.78, 5) is 42.6. The Morgan fingerprint density at radius 1 is 1.06 bits per heavy atom. The van der Waals surface area contributed by atoms with Crippen molar-refractivity contribution >= 4 is 41.0 Å². The van der Waals surface area contributed by atoms with Crippen LogP contribution < -0.4 is 15.1 Å². The lowest BCUT2D eigenvalue weighted by Gasteiger charge is -2.53. The van der Waals surface area contributed by atoms with E-state index in [0.29, 0.717) is 29.4 Å². The summed E-state index contributed by atoms with van der Waals surface area (Å²) in [6.45, 7) is 0.481. The fourth-order valence-electron chi connectivity index (χ4n) is 4.82. The third-order valence-corrected chi connectivity index (χ3v) is 7.33. The van der Waals surface area contributed by atoms with Crippen molar-refractivity contribution in [3.8, 4) is 0 Å². The van der Waals surface area contributed by atoms with Crippen LogP contribution in [0.15, 0.2) is 48.5 Å². The minimum Gasteiger partial charge on any atom is -0.365 e. The van der Waals surface area contributed by atoms with E-state index in [1.165, 1.54) is 6.07 Å². The van der Waals surface area contributed by atoms with Gasteiger partial charge in [0.15, 0.2) is 5.41 Å². The number of thioether (sulfide) groups is 1. The van der Waals surface area contributed by atoms with Gasteiger partial charge in [0.2, 0.25) is 5.91 Å². The van der Waals surface area contributed by atoms with Crippen molar-refractivity contribution in [3.63, 3.8) is 0 Å². The normalized spacial score (nSPS) is 25.5. The number of hydrogen-bond donors (Lipinski definition) is 1. The quantitative estimate of drug-likeness (QED) is 0.659. The van der Waals surface area contributed by atoms with E-state index < -0.39 is 41.0 Å². The maximum atomic E-state index is 13.9. The number of nitrogens with one attached hydrogen (secondary N) is 1. The number of amides is 4. The van der Waals surface area contributed by atoms with Gasteiger partial charge in [-0.05, 0) is 42.3 Å². The van der Waals surface area contributed by atoms with E-state index in [1.807, 2.05) is 4.90 Å². The van der Waals surface area contributed by atoms with E-state index in [0.717, 1.165) is 17.0 Å². The first kappa shape index (κ1) is 20.9. The molecule has 3 aliphatic heterocycles. The maximum Gasteiger partial charge on any atom is 0.416 e. The Balaban J connectivity index is 1.67. The van der Waals surface area contributed by atoms with Crippen molar-refractivity contribution in [2.75, 3.05) is 27.9 Å². The third-order valence-electron chi connectivity index (χ3n) is 6.31. The second-order valence-electron chi connectivity index (χ2n) is 8.01. The number of imide groups is 2. The number of alkyl halides is 3. The van der Waals surface area contributed by atoms with Gasteiger partial charge in [0, 0.05) is 23.7 Å². The standard InChI is InChI=1S/C22H18F3N3O3S/c23-22(24,25)14-6-7-16-13(10-14)11-21(17-12-32-9-8-27(16)17)18(29)26-20(31)28(19(21)30)15-4-2-1-3-5-15/h1-7,10,17H,8-9,11-12H2,(H,26,29,31)/t17-,21+/m1/s1. The number of carbonyl (C=O) groups is 3. The van der Waals surface area contributed by atoms with Gasteiger partial charge in [-0.2, -0.15) is 24.9 Å². The number of hydrogen-bond acceptors (Lipinski definition) is 5. The lowest BCUT2D eigenvalue weighted by molar-refractivity contribution is -0.144. The number of carbonyl (C=O) groups excluding carboxylic acids is 3. The molecule has 0 aromatic heterocycles. The Morgan fingerprint density at radius 2 is 1.81 bits per heavy atom. The van der Waals surface area contributed by atoms with Gasteiger partial charge >= 0.3 is 12.2 Å².